The van der Waals surface area contributed by atoms with Gasteiger partial charge in [-0.1, -0.05) is 6.92 Å². The lowest BCUT2D eigenvalue weighted by molar-refractivity contribution is -0.142. The fourth-order valence-corrected chi connectivity index (χ4v) is 1.54. The first-order chi connectivity index (χ1) is 9.56. The zero-order valence-electron chi connectivity index (χ0n) is 11.6. The molecule has 0 fully saturated rings. The molecule has 20 heavy (non-hydrogen) atoms. The molecule has 2 N–H and O–H groups in total. The highest BCUT2D eigenvalue weighted by molar-refractivity contribution is 5.83. The molecular formula is C14H19NO5. The average molecular weight is 281 g/mol. The largest absolute Gasteiger partial charge is 0.497 e. The third-order valence-corrected chi connectivity index (χ3v) is 2.70. The van der Waals surface area contributed by atoms with Crippen LogP contribution in [0.15, 0.2) is 24.3 Å². The van der Waals surface area contributed by atoms with Crippen molar-refractivity contribution in [3.05, 3.63) is 24.3 Å². The number of hydrogen-bond donors (Lipinski definition) is 2. The van der Waals surface area contributed by atoms with Crippen molar-refractivity contribution in [2.24, 2.45) is 0 Å². The Bertz CT molecular complexity index is 443. The third-order valence-electron chi connectivity index (χ3n) is 2.70. The van der Waals surface area contributed by atoms with Gasteiger partial charge in [-0.3, -0.25) is 4.79 Å². The van der Waals surface area contributed by atoms with E-state index in [9.17, 15) is 9.59 Å². The molecule has 0 saturated carbocycles. The molecule has 1 aromatic carbocycles. The quantitative estimate of drug-likeness (QED) is 0.753. The monoisotopic (exact) mass is 281 g/mol. The number of carboxylic acid groups (broad SMARTS) is 1. The van der Waals surface area contributed by atoms with Gasteiger partial charge in [0.15, 0.2) is 0 Å². The van der Waals surface area contributed by atoms with Gasteiger partial charge in [0.25, 0.3) is 0 Å². The maximum absolute atomic E-state index is 11.5. The molecule has 0 aliphatic carbocycles. The van der Waals surface area contributed by atoms with Crippen molar-refractivity contribution in [2.75, 3.05) is 13.7 Å². The van der Waals surface area contributed by atoms with Gasteiger partial charge < -0.3 is 19.9 Å². The predicted octanol–water partition coefficient (Wildman–Crippen LogP) is 1.44. The van der Waals surface area contributed by atoms with Crippen LogP contribution in [0.5, 0.6) is 11.5 Å². The minimum Gasteiger partial charge on any atom is -0.497 e. The summed E-state index contributed by atoms with van der Waals surface area (Å²) in [4.78, 5) is 22.3. The summed E-state index contributed by atoms with van der Waals surface area (Å²) < 4.78 is 10.4. The minimum absolute atomic E-state index is 0.107. The summed E-state index contributed by atoms with van der Waals surface area (Å²) in [6, 6.07) is 6.15. The Kier molecular flexibility index (Phi) is 6.36. The molecule has 0 spiro atoms. The smallest absolute Gasteiger partial charge is 0.326 e. The zero-order chi connectivity index (χ0) is 15.0. The van der Waals surface area contributed by atoms with Crippen molar-refractivity contribution >= 4 is 11.9 Å². The number of benzene rings is 1. The molecular weight excluding hydrogens is 262 g/mol. The van der Waals surface area contributed by atoms with Crippen LogP contribution in [0.3, 0.4) is 0 Å². The van der Waals surface area contributed by atoms with E-state index in [1.54, 1.807) is 38.3 Å². The van der Waals surface area contributed by atoms with Crippen LogP contribution in [0.2, 0.25) is 0 Å². The van der Waals surface area contributed by atoms with Crippen LogP contribution in [0.4, 0.5) is 0 Å². The zero-order valence-corrected chi connectivity index (χ0v) is 11.6. The van der Waals surface area contributed by atoms with Crippen LogP contribution in [0.25, 0.3) is 0 Å². The van der Waals surface area contributed by atoms with Gasteiger partial charge in [-0.2, -0.15) is 0 Å². The molecule has 0 saturated heterocycles. The minimum atomic E-state index is -1.03. The number of carbonyl (C=O) groups is 2. The SMILES string of the molecule is CC[C@H](NC(=O)CCOc1ccc(OC)cc1)C(=O)O. The first-order valence-electron chi connectivity index (χ1n) is 6.35. The number of rotatable bonds is 8. The number of hydrogen-bond acceptors (Lipinski definition) is 4. The maximum atomic E-state index is 11.5. The molecule has 0 aliphatic rings. The highest BCUT2D eigenvalue weighted by Crippen LogP contribution is 2.16. The highest BCUT2D eigenvalue weighted by Gasteiger charge is 2.17. The summed E-state index contributed by atoms with van der Waals surface area (Å²) in [5.41, 5.74) is 0. The summed E-state index contributed by atoms with van der Waals surface area (Å²) in [5.74, 6) is -0.0177. The average Bonchev–Trinajstić information content (AvgIpc) is 2.45. The Morgan fingerprint density at radius 2 is 1.85 bits per heavy atom. The molecule has 6 heteroatoms. The van der Waals surface area contributed by atoms with Gasteiger partial charge in [-0.05, 0) is 30.7 Å². The van der Waals surface area contributed by atoms with Crippen LogP contribution in [-0.2, 0) is 9.59 Å². The topological polar surface area (TPSA) is 84.9 Å². The van der Waals surface area contributed by atoms with E-state index < -0.39 is 12.0 Å². The molecule has 0 heterocycles. The molecule has 1 aromatic rings. The number of nitrogens with one attached hydrogen (secondary N) is 1. The standard InChI is InChI=1S/C14H19NO5/c1-3-12(14(17)18)15-13(16)8-9-20-11-6-4-10(19-2)5-7-11/h4-7,12H,3,8-9H2,1-2H3,(H,15,16)(H,17,18)/t12-/m0/s1. The highest BCUT2D eigenvalue weighted by atomic mass is 16.5. The Balaban J connectivity index is 2.32. The van der Waals surface area contributed by atoms with Crippen LogP contribution in [-0.4, -0.2) is 36.7 Å². The van der Waals surface area contributed by atoms with Gasteiger partial charge in [0.1, 0.15) is 17.5 Å². The van der Waals surface area contributed by atoms with E-state index >= 15 is 0 Å². The number of carboxylic acids is 1. The molecule has 0 radical (unpaired) electrons. The number of amides is 1. The summed E-state index contributed by atoms with van der Waals surface area (Å²) in [5, 5.41) is 11.2. The molecule has 1 atom stereocenters. The van der Waals surface area contributed by atoms with E-state index in [0.29, 0.717) is 12.2 Å². The first kappa shape index (κ1) is 15.8. The number of carbonyl (C=O) groups excluding carboxylic acids is 1. The van der Waals surface area contributed by atoms with Gasteiger partial charge in [0.05, 0.1) is 20.1 Å². The second-order valence-corrected chi connectivity index (χ2v) is 4.14. The van der Waals surface area contributed by atoms with Crippen molar-refractivity contribution in [1.82, 2.24) is 5.32 Å². The van der Waals surface area contributed by atoms with Crippen LogP contribution in [0, 0.1) is 0 Å². The molecule has 6 nitrogen and oxygen atoms in total. The van der Waals surface area contributed by atoms with Gasteiger partial charge in [-0.25, -0.2) is 4.79 Å². The van der Waals surface area contributed by atoms with E-state index in [-0.39, 0.29) is 18.9 Å². The lowest BCUT2D eigenvalue weighted by Crippen LogP contribution is -2.40. The third kappa shape index (κ3) is 5.17. The second kappa shape index (κ2) is 8.04. The Labute approximate surface area is 117 Å². The summed E-state index contributed by atoms with van der Waals surface area (Å²) in [7, 11) is 1.58. The molecule has 110 valence electrons. The van der Waals surface area contributed by atoms with E-state index in [1.165, 1.54) is 0 Å². The Morgan fingerprint density at radius 3 is 2.35 bits per heavy atom. The van der Waals surface area contributed by atoms with Crippen molar-refractivity contribution < 1.29 is 24.2 Å². The number of ether oxygens (including phenoxy) is 2. The van der Waals surface area contributed by atoms with Gasteiger partial charge in [0, 0.05) is 0 Å². The van der Waals surface area contributed by atoms with E-state index in [4.69, 9.17) is 14.6 Å². The molecule has 0 aromatic heterocycles. The summed E-state index contributed by atoms with van der Waals surface area (Å²) in [6.07, 6.45) is 0.455. The van der Waals surface area contributed by atoms with Crippen molar-refractivity contribution in [1.29, 1.82) is 0 Å². The van der Waals surface area contributed by atoms with Crippen molar-refractivity contribution in [3.8, 4) is 11.5 Å². The summed E-state index contributed by atoms with van der Waals surface area (Å²) >= 11 is 0. The fourth-order valence-electron chi connectivity index (χ4n) is 1.54. The number of aliphatic carboxylic acids is 1. The lowest BCUT2D eigenvalue weighted by atomic mass is 10.2. The molecule has 0 bridgehead atoms. The predicted molar refractivity (Wildman–Crippen MR) is 73.0 cm³/mol. The Hall–Kier alpha value is -2.24. The molecule has 1 rings (SSSR count). The van der Waals surface area contributed by atoms with E-state index in [1.807, 2.05) is 0 Å². The van der Waals surface area contributed by atoms with Gasteiger partial charge >= 0.3 is 5.97 Å². The van der Waals surface area contributed by atoms with Crippen molar-refractivity contribution in [2.45, 2.75) is 25.8 Å². The Morgan fingerprint density at radius 1 is 1.25 bits per heavy atom. The van der Waals surface area contributed by atoms with Crippen LogP contribution >= 0.6 is 0 Å². The van der Waals surface area contributed by atoms with Gasteiger partial charge in [-0.15, -0.1) is 0 Å². The lowest BCUT2D eigenvalue weighted by Gasteiger charge is -2.12. The van der Waals surface area contributed by atoms with E-state index in [2.05, 4.69) is 5.32 Å². The normalized spacial score (nSPS) is 11.5. The molecule has 0 unspecified atom stereocenters. The van der Waals surface area contributed by atoms with Crippen molar-refractivity contribution in [3.63, 3.8) is 0 Å². The second-order valence-electron chi connectivity index (χ2n) is 4.14. The molecule has 0 aliphatic heterocycles. The van der Waals surface area contributed by atoms with Gasteiger partial charge in [0.2, 0.25) is 5.91 Å². The first-order valence-corrected chi connectivity index (χ1v) is 6.35. The summed E-state index contributed by atoms with van der Waals surface area (Å²) in [6.45, 7) is 1.89. The van der Waals surface area contributed by atoms with Crippen LogP contribution in [0.1, 0.15) is 19.8 Å². The maximum Gasteiger partial charge on any atom is 0.326 e. The van der Waals surface area contributed by atoms with Crippen LogP contribution < -0.4 is 14.8 Å². The fraction of sp³-hybridized carbons (Fsp3) is 0.429. The van der Waals surface area contributed by atoms with E-state index in [0.717, 1.165) is 5.75 Å². The number of methoxy groups -OCH3 is 1. The molecule has 1 amide bonds.